The van der Waals surface area contributed by atoms with Gasteiger partial charge in [0.15, 0.2) is 0 Å². The summed E-state index contributed by atoms with van der Waals surface area (Å²) in [5.41, 5.74) is 0.480. The van der Waals surface area contributed by atoms with E-state index in [0.29, 0.717) is 24.6 Å². The Kier molecular flexibility index (Phi) is 5.14. The molecule has 0 amide bonds. The van der Waals surface area contributed by atoms with Crippen molar-refractivity contribution < 1.29 is 14.6 Å². The number of hydrogen-bond donors (Lipinski definition) is 1. The number of rotatable bonds is 6. The third-order valence-corrected chi connectivity index (χ3v) is 2.28. The van der Waals surface area contributed by atoms with Crippen LogP contribution in [0.5, 0.6) is 5.88 Å². The Bertz CT molecular complexity index is 320. The largest absolute Gasteiger partial charge is 0.480 e. The molecule has 0 bridgehead atoms. The van der Waals surface area contributed by atoms with E-state index in [2.05, 4.69) is 9.97 Å². The predicted octanol–water partition coefficient (Wildman–Crippen LogP) is 1.19. The Morgan fingerprint density at radius 2 is 2.00 bits per heavy atom. The van der Waals surface area contributed by atoms with Crippen molar-refractivity contribution in [2.45, 2.75) is 19.4 Å². The number of nitrogens with zero attached hydrogens (tertiary/aromatic N) is 2. The van der Waals surface area contributed by atoms with Crippen LogP contribution in [0.3, 0.4) is 0 Å². The second kappa shape index (κ2) is 6.40. The molecule has 2 unspecified atom stereocenters. The van der Waals surface area contributed by atoms with E-state index in [1.165, 1.54) is 13.3 Å². The van der Waals surface area contributed by atoms with Gasteiger partial charge in [-0.3, -0.25) is 4.98 Å². The highest BCUT2D eigenvalue weighted by Gasteiger charge is 2.18. The third kappa shape index (κ3) is 3.43. The normalized spacial score (nSPS) is 14.5. The average molecular weight is 226 g/mol. The zero-order chi connectivity index (χ0) is 12.0. The number of ether oxygens (including phenoxy) is 2. The van der Waals surface area contributed by atoms with Crippen molar-refractivity contribution in [3.05, 3.63) is 18.1 Å². The van der Waals surface area contributed by atoms with Gasteiger partial charge in [-0.15, -0.1) is 0 Å². The van der Waals surface area contributed by atoms with Crippen LogP contribution >= 0.6 is 0 Å². The number of methoxy groups -OCH3 is 2. The smallest absolute Gasteiger partial charge is 0.238 e. The summed E-state index contributed by atoms with van der Waals surface area (Å²) in [5, 5.41) is 9.99. The lowest BCUT2D eigenvalue weighted by atomic mass is 10.0. The van der Waals surface area contributed by atoms with E-state index in [1.807, 2.05) is 6.92 Å². The Morgan fingerprint density at radius 1 is 1.31 bits per heavy atom. The van der Waals surface area contributed by atoms with Crippen LogP contribution in [0.4, 0.5) is 0 Å². The molecule has 0 aromatic carbocycles. The predicted molar refractivity (Wildman–Crippen MR) is 59.2 cm³/mol. The van der Waals surface area contributed by atoms with Crippen molar-refractivity contribution in [1.82, 2.24) is 9.97 Å². The lowest BCUT2D eigenvalue weighted by Crippen LogP contribution is -2.12. The zero-order valence-corrected chi connectivity index (χ0v) is 9.88. The summed E-state index contributed by atoms with van der Waals surface area (Å²) >= 11 is 0. The highest BCUT2D eigenvalue weighted by atomic mass is 16.5. The fourth-order valence-electron chi connectivity index (χ4n) is 1.57. The monoisotopic (exact) mass is 226 g/mol. The quantitative estimate of drug-likeness (QED) is 0.789. The molecule has 16 heavy (non-hydrogen) atoms. The van der Waals surface area contributed by atoms with Crippen LogP contribution in [-0.4, -0.2) is 35.9 Å². The summed E-state index contributed by atoms with van der Waals surface area (Å²) in [6.07, 6.45) is 2.98. The fourth-order valence-corrected chi connectivity index (χ4v) is 1.57. The van der Waals surface area contributed by atoms with E-state index in [1.54, 1.807) is 13.3 Å². The molecule has 0 spiro atoms. The summed E-state index contributed by atoms with van der Waals surface area (Å²) in [6.45, 7) is 2.62. The summed E-state index contributed by atoms with van der Waals surface area (Å²) in [4.78, 5) is 8.08. The molecule has 0 radical (unpaired) electrons. The van der Waals surface area contributed by atoms with Crippen molar-refractivity contribution in [2.24, 2.45) is 5.92 Å². The molecule has 5 heteroatoms. The Morgan fingerprint density at radius 3 is 2.62 bits per heavy atom. The second-order valence-electron chi connectivity index (χ2n) is 3.76. The molecule has 5 nitrogen and oxygen atoms in total. The van der Waals surface area contributed by atoms with Crippen LogP contribution in [0.25, 0.3) is 0 Å². The molecule has 0 saturated heterocycles. The van der Waals surface area contributed by atoms with Gasteiger partial charge in [0, 0.05) is 26.1 Å². The highest BCUT2D eigenvalue weighted by molar-refractivity contribution is 5.19. The van der Waals surface area contributed by atoms with Crippen LogP contribution in [0, 0.1) is 5.92 Å². The Hall–Kier alpha value is -1.20. The van der Waals surface area contributed by atoms with Gasteiger partial charge in [0.1, 0.15) is 11.8 Å². The number of hydrogen-bond acceptors (Lipinski definition) is 5. The summed E-state index contributed by atoms with van der Waals surface area (Å²) in [6, 6.07) is 0. The van der Waals surface area contributed by atoms with E-state index >= 15 is 0 Å². The first-order valence-electron chi connectivity index (χ1n) is 5.21. The van der Waals surface area contributed by atoms with Gasteiger partial charge in [-0.05, 0) is 12.3 Å². The van der Waals surface area contributed by atoms with Crippen LogP contribution in [0.2, 0.25) is 0 Å². The van der Waals surface area contributed by atoms with E-state index in [0.717, 1.165) is 0 Å². The molecular weight excluding hydrogens is 208 g/mol. The topological polar surface area (TPSA) is 64.5 Å². The van der Waals surface area contributed by atoms with Gasteiger partial charge in [-0.25, -0.2) is 4.98 Å². The maximum atomic E-state index is 9.99. The lowest BCUT2D eigenvalue weighted by Gasteiger charge is -2.16. The number of aliphatic hydroxyl groups excluding tert-OH is 1. The first-order chi connectivity index (χ1) is 7.69. The molecule has 1 rings (SSSR count). The fraction of sp³-hybridized carbons (Fsp3) is 0.636. The molecule has 0 saturated carbocycles. The van der Waals surface area contributed by atoms with Crippen molar-refractivity contribution in [1.29, 1.82) is 0 Å². The molecule has 0 aliphatic heterocycles. The van der Waals surface area contributed by atoms with Gasteiger partial charge >= 0.3 is 0 Å². The van der Waals surface area contributed by atoms with Gasteiger partial charge in [0.25, 0.3) is 0 Å². The van der Waals surface area contributed by atoms with Gasteiger partial charge in [0.2, 0.25) is 5.88 Å². The Balaban J connectivity index is 2.68. The van der Waals surface area contributed by atoms with Gasteiger partial charge < -0.3 is 14.6 Å². The molecule has 90 valence electrons. The maximum absolute atomic E-state index is 9.99. The summed E-state index contributed by atoms with van der Waals surface area (Å²) in [7, 11) is 3.16. The molecule has 1 aromatic heterocycles. The van der Waals surface area contributed by atoms with Gasteiger partial charge in [-0.1, -0.05) is 6.92 Å². The Labute approximate surface area is 95.4 Å². The zero-order valence-electron chi connectivity index (χ0n) is 9.88. The first-order valence-corrected chi connectivity index (χ1v) is 5.21. The minimum atomic E-state index is -0.672. The maximum Gasteiger partial charge on any atom is 0.238 e. The molecule has 0 aliphatic carbocycles. The van der Waals surface area contributed by atoms with Crippen molar-refractivity contribution in [3.8, 4) is 5.88 Å². The minimum absolute atomic E-state index is 0.256. The van der Waals surface area contributed by atoms with Gasteiger partial charge in [0.05, 0.1) is 7.11 Å². The molecule has 1 aromatic rings. The lowest BCUT2D eigenvalue weighted by molar-refractivity contribution is 0.0972. The van der Waals surface area contributed by atoms with E-state index < -0.39 is 6.10 Å². The number of aromatic nitrogens is 2. The van der Waals surface area contributed by atoms with Crippen LogP contribution in [0.1, 0.15) is 25.1 Å². The highest BCUT2D eigenvalue weighted by Crippen LogP contribution is 2.25. The van der Waals surface area contributed by atoms with E-state index in [9.17, 15) is 5.11 Å². The molecule has 0 fully saturated rings. The molecule has 1 heterocycles. The van der Waals surface area contributed by atoms with Crippen LogP contribution in [0.15, 0.2) is 12.4 Å². The van der Waals surface area contributed by atoms with Crippen molar-refractivity contribution in [2.75, 3.05) is 20.8 Å². The number of aliphatic hydroxyl groups is 1. The standard InChI is InChI=1S/C11H18N2O3/c1-8(7-15-2)6-9(14)10-11(16-3)13-5-4-12-10/h4-5,8-9,14H,6-7H2,1-3H3. The van der Waals surface area contributed by atoms with Crippen molar-refractivity contribution >= 4 is 0 Å². The molecule has 0 aliphatic rings. The SMILES string of the molecule is COCC(C)CC(O)c1nccnc1OC. The molecule has 2 atom stereocenters. The second-order valence-corrected chi connectivity index (χ2v) is 3.76. The van der Waals surface area contributed by atoms with Crippen LogP contribution < -0.4 is 4.74 Å². The van der Waals surface area contributed by atoms with Crippen molar-refractivity contribution in [3.63, 3.8) is 0 Å². The molecule has 1 N–H and O–H groups in total. The van der Waals surface area contributed by atoms with E-state index in [-0.39, 0.29) is 5.92 Å². The summed E-state index contributed by atoms with van der Waals surface area (Å²) in [5.74, 6) is 0.631. The molecular formula is C11H18N2O3. The first kappa shape index (κ1) is 12.9. The average Bonchev–Trinajstić information content (AvgIpc) is 2.29. The summed E-state index contributed by atoms with van der Waals surface area (Å²) < 4.78 is 10.1. The van der Waals surface area contributed by atoms with Crippen LogP contribution in [-0.2, 0) is 4.74 Å². The van der Waals surface area contributed by atoms with E-state index in [4.69, 9.17) is 9.47 Å². The third-order valence-electron chi connectivity index (χ3n) is 2.28. The minimum Gasteiger partial charge on any atom is -0.480 e. The van der Waals surface area contributed by atoms with Gasteiger partial charge in [-0.2, -0.15) is 0 Å².